The second-order valence-electron chi connectivity index (χ2n) is 11.0. The number of amidine groups is 2. The third-order valence-electron chi connectivity index (χ3n) is 8.37. The van der Waals surface area contributed by atoms with E-state index in [9.17, 15) is 20.8 Å². The maximum atomic E-state index is 15.8. The number of nitrogens with zero attached hydrogens (tertiary/aromatic N) is 4. The zero-order valence-electron chi connectivity index (χ0n) is 23.3. The average molecular weight is 667 g/mol. The second kappa shape index (κ2) is 9.57. The SMILES string of the molecule is Cc1sc2cc(C3=[N+]([O-])CCN3[O])ccc2c1C1=C(c2c(C)sc3cc(C4=[N+]([O-])CCN4[O])ccc23)C(F)(F)C(F)(F)C1(F)F. The largest absolute Gasteiger partial charge is 0.715 e. The van der Waals surface area contributed by atoms with Crippen molar-refractivity contribution in [2.75, 3.05) is 26.2 Å². The van der Waals surface area contributed by atoms with E-state index in [0.29, 0.717) is 19.6 Å². The molecular weight excluding hydrogens is 646 g/mol. The van der Waals surface area contributed by atoms with Crippen molar-refractivity contribution in [3.8, 4) is 0 Å². The lowest BCUT2D eigenvalue weighted by molar-refractivity contribution is -0.446. The molecule has 0 saturated carbocycles. The van der Waals surface area contributed by atoms with Crippen LogP contribution in [0.5, 0.6) is 0 Å². The van der Waals surface area contributed by atoms with Gasteiger partial charge in [0.25, 0.3) is 0 Å². The summed E-state index contributed by atoms with van der Waals surface area (Å²) in [6.07, 6.45) is 0. The van der Waals surface area contributed by atoms with Crippen LogP contribution in [0.15, 0.2) is 36.4 Å². The Morgan fingerprint density at radius 1 is 0.689 bits per heavy atom. The maximum absolute atomic E-state index is 15.8. The summed E-state index contributed by atoms with van der Waals surface area (Å²) in [7, 11) is 0. The van der Waals surface area contributed by atoms with Gasteiger partial charge in [-0.05, 0) is 38.1 Å². The Morgan fingerprint density at radius 2 is 1.07 bits per heavy atom. The van der Waals surface area contributed by atoms with Gasteiger partial charge >= 0.3 is 29.4 Å². The van der Waals surface area contributed by atoms with Crippen LogP contribution in [0.2, 0.25) is 0 Å². The van der Waals surface area contributed by atoms with Crippen molar-refractivity contribution in [3.05, 3.63) is 78.8 Å². The number of allylic oxidation sites excluding steroid dienone is 2. The monoisotopic (exact) mass is 666 g/mol. The summed E-state index contributed by atoms with van der Waals surface area (Å²) in [5.41, 5.74) is -3.63. The van der Waals surface area contributed by atoms with Gasteiger partial charge in [-0.25, -0.2) is 0 Å². The van der Waals surface area contributed by atoms with Gasteiger partial charge in [0.2, 0.25) is 0 Å². The molecule has 2 aliphatic heterocycles. The summed E-state index contributed by atoms with van der Waals surface area (Å²) >= 11 is 1.77. The fourth-order valence-corrected chi connectivity index (χ4v) is 8.56. The number of aryl methyl sites for hydroxylation is 2. The van der Waals surface area contributed by atoms with Gasteiger partial charge in [-0.15, -0.1) is 22.7 Å². The number of halogens is 6. The lowest BCUT2D eigenvalue weighted by Gasteiger charge is -2.26. The quantitative estimate of drug-likeness (QED) is 0.143. The molecule has 0 bridgehead atoms. The first-order valence-electron chi connectivity index (χ1n) is 13.6. The van der Waals surface area contributed by atoms with E-state index < -0.39 is 40.0 Å². The Labute approximate surface area is 258 Å². The molecule has 0 N–H and O–H groups in total. The van der Waals surface area contributed by atoms with Crippen molar-refractivity contribution in [2.24, 2.45) is 0 Å². The highest BCUT2D eigenvalue weighted by Gasteiger charge is 2.80. The predicted octanol–water partition coefficient (Wildman–Crippen LogP) is 6.40. The molecule has 2 aromatic carbocycles. The molecule has 8 nitrogen and oxygen atoms in total. The predicted molar refractivity (Wildman–Crippen MR) is 155 cm³/mol. The van der Waals surface area contributed by atoms with Crippen molar-refractivity contribution in [3.63, 3.8) is 0 Å². The molecule has 234 valence electrons. The highest BCUT2D eigenvalue weighted by molar-refractivity contribution is 7.19. The molecule has 3 aliphatic rings. The third kappa shape index (κ3) is 3.91. The van der Waals surface area contributed by atoms with E-state index >= 15 is 26.3 Å². The zero-order chi connectivity index (χ0) is 32.4. The van der Waals surface area contributed by atoms with Crippen LogP contribution in [0.4, 0.5) is 26.3 Å². The fourth-order valence-electron chi connectivity index (χ4n) is 6.34. The Kier molecular flexibility index (Phi) is 6.35. The van der Waals surface area contributed by atoms with Crippen LogP contribution >= 0.6 is 22.7 Å². The number of alkyl halides is 6. The molecule has 0 fully saturated rings. The molecule has 0 saturated heterocycles. The number of benzene rings is 2. The van der Waals surface area contributed by atoms with E-state index in [4.69, 9.17) is 0 Å². The van der Waals surface area contributed by atoms with Gasteiger partial charge in [-0.3, -0.25) is 9.48 Å². The highest BCUT2D eigenvalue weighted by atomic mass is 32.1. The summed E-state index contributed by atoms with van der Waals surface area (Å²) in [5.74, 6) is -16.8. The van der Waals surface area contributed by atoms with Gasteiger partial charge in [-0.1, -0.05) is 22.3 Å². The van der Waals surface area contributed by atoms with E-state index in [1.54, 1.807) is 0 Å². The summed E-state index contributed by atoms with van der Waals surface area (Å²) in [4.78, 5) is 0.112. The molecule has 4 aromatic rings. The van der Waals surface area contributed by atoms with Crippen LogP contribution in [0.1, 0.15) is 32.0 Å². The fraction of sp³-hybridized carbons (Fsp3) is 0.310. The molecule has 45 heavy (non-hydrogen) atoms. The third-order valence-corrected chi connectivity index (χ3v) is 10.5. The van der Waals surface area contributed by atoms with Gasteiger partial charge < -0.3 is 10.4 Å². The first kappa shape index (κ1) is 29.8. The Hall–Kier alpha value is -3.86. The van der Waals surface area contributed by atoms with Crippen molar-refractivity contribution in [2.45, 2.75) is 31.6 Å². The molecule has 16 heteroatoms. The van der Waals surface area contributed by atoms with Crippen molar-refractivity contribution in [1.29, 1.82) is 0 Å². The summed E-state index contributed by atoms with van der Waals surface area (Å²) < 4.78 is 95.3. The van der Waals surface area contributed by atoms with Crippen LogP contribution in [-0.2, 0) is 10.4 Å². The van der Waals surface area contributed by atoms with E-state index in [1.165, 1.54) is 50.2 Å². The topological polar surface area (TPSA) is 98.4 Å². The number of rotatable bonds is 4. The summed E-state index contributed by atoms with van der Waals surface area (Å²) in [6.45, 7) is 2.36. The molecular formula is C29H20F6N4O4S2. The average Bonchev–Trinajstić information content (AvgIpc) is 3.69. The van der Waals surface area contributed by atoms with Crippen molar-refractivity contribution in [1.82, 2.24) is 10.1 Å². The van der Waals surface area contributed by atoms with Gasteiger partial charge in [0.15, 0.2) is 13.1 Å². The standard InChI is InChI=1S/C29H20F6N4O4S2/c1-13-21(17-5-3-15(11-19(17)44-13)25-36(40)7-8-37(25)41)23-24(28(32,33)29(34,35)27(23,30)31)22-14(2)45-20-12-16(4-6-18(20)22)26-38(42)9-10-39(26)43/h3-6,11-12H,7-10H2,1-2H3. The van der Waals surface area contributed by atoms with Gasteiger partial charge in [-0.2, -0.15) is 26.3 Å². The molecule has 0 amide bonds. The van der Waals surface area contributed by atoms with Crippen LogP contribution in [-0.4, -0.2) is 75.2 Å². The number of hydrogen-bond donors (Lipinski definition) is 0. The zero-order valence-corrected chi connectivity index (χ0v) is 24.9. The molecule has 2 radical (unpaired) electrons. The maximum Gasteiger partial charge on any atom is 0.380 e. The second-order valence-corrected chi connectivity index (χ2v) is 13.5. The number of hydroxylamine groups is 6. The lowest BCUT2D eigenvalue weighted by atomic mass is 9.91. The molecule has 1 aliphatic carbocycles. The minimum Gasteiger partial charge on any atom is -0.715 e. The smallest absolute Gasteiger partial charge is 0.380 e. The van der Waals surface area contributed by atoms with E-state index in [-0.39, 0.29) is 78.9 Å². The molecule has 7 rings (SSSR count). The van der Waals surface area contributed by atoms with Crippen LogP contribution in [0.25, 0.3) is 31.3 Å². The van der Waals surface area contributed by atoms with Crippen molar-refractivity contribution >= 4 is 65.7 Å². The summed E-state index contributed by atoms with van der Waals surface area (Å²) in [6, 6.07) is 7.87. The highest BCUT2D eigenvalue weighted by Crippen LogP contribution is 2.67. The molecule has 2 aromatic heterocycles. The molecule has 0 spiro atoms. The minimum absolute atomic E-state index is 0.0152. The van der Waals surface area contributed by atoms with Crippen LogP contribution in [0.3, 0.4) is 0 Å². The summed E-state index contributed by atoms with van der Waals surface area (Å²) in [5, 5.41) is 49.7. The molecule has 0 atom stereocenters. The minimum atomic E-state index is -5.79. The Bertz CT molecular complexity index is 1910. The van der Waals surface area contributed by atoms with Gasteiger partial charge in [0.1, 0.15) is 13.1 Å². The van der Waals surface area contributed by atoms with E-state index in [2.05, 4.69) is 0 Å². The molecule has 4 heterocycles. The Balaban J connectivity index is 1.49. The first-order chi connectivity index (χ1) is 21.1. The lowest BCUT2D eigenvalue weighted by Crippen LogP contribution is -2.48. The number of fused-ring (bicyclic) bond motifs is 2. The van der Waals surface area contributed by atoms with Crippen molar-refractivity contribution < 1.29 is 46.2 Å². The molecule has 0 unspecified atom stereocenters. The number of thiophene rings is 2. The number of hydrogen-bond acceptors (Lipinski definition) is 6. The first-order valence-corrected chi connectivity index (χ1v) is 15.2. The van der Waals surface area contributed by atoms with Gasteiger partial charge in [0, 0.05) is 62.6 Å². The normalized spacial score (nSPS) is 21.1. The van der Waals surface area contributed by atoms with Gasteiger partial charge in [0.05, 0.1) is 11.1 Å². The van der Waals surface area contributed by atoms with Crippen LogP contribution in [0, 0.1) is 24.3 Å². The van der Waals surface area contributed by atoms with E-state index in [0.717, 1.165) is 22.7 Å². The van der Waals surface area contributed by atoms with E-state index in [1.807, 2.05) is 0 Å². The van der Waals surface area contributed by atoms with Crippen LogP contribution < -0.4 is 0 Å². The Morgan fingerprint density at radius 3 is 1.40 bits per heavy atom.